The van der Waals surface area contributed by atoms with Gasteiger partial charge in [0.25, 0.3) is 0 Å². The summed E-state index contributed by atoms with van der Waals surface area (Å²) in [5.41, 5.74) is 2.12. The molecule has 0 amide bonds. The lowest BCUT2D eigenvalue weighted by molar-refractivity contribution is -0.142. The van der Waals surface area contributed by atoms with Crippen molar-refractivity contribution in [1.29, 1.82) is 0 Å². The van der Waals surface area contributed by atoms with Crippen molar-refractivity contribution < 1.29 is 9.90 Å². The van der Waals surface area contributed by atoms with Crippen LogP contribution >= 0.6 is 12.2 Å². The molecule has 2 aromatic rings. The number of benzene rings is 1. The molecule has 2 unspecified atom stereocenters. The molecule has 2 atom stereocenters. The molecule has 0 aliphatic carbocycles. The number of aromatic amines is 1. The second kappa shape index (κ2) is 6.87. The fourth-order valence-corrected chi connectivity index (χ4v) is 2.70. The van der Waals surface area contributed by atoms with Gasteiger partial charge in [-0.05, 0) is 36.5 Å². The fraction of sp³-hybridized carbons (Fsp3) is 0.438. The zero-order chi connectivity index (χ0) is 16.3. The number of aliphatic carboxylic acids is 1. The van der Waals surface area contributed by atoms with Gasteiger partial charge < -0.3 is 9.67 Å². The van der Waals surface area contributed by atoms with E-state index in [2.05, 4.69) is 17.1 Å². The van der Waals surface area contributed by atoms with Crippen LogP contribution in [-0.4, -0.2) is 25.8 Å². The van der Waals surface area contributed by atoms with Gasteiger partial charge in [0.15, 0.2) is 10.6 Å². The van der Waals surface area contributed by atoms with Gasteiger partial charge in [0.1, 0.15) is 0 Å². The van der Waals surface area contributed by atoms with E-state index in [0.717, 1.165) is 17.0 Å². The molecule has 5 nitrogen and oxygen atoms in total. The predicted molar refractivity (Wildman–Crippen MR) is 88.3 cm³/mol. The first-order chi connectivity index (χ1) is 10.4. The Kier molecular flexibility index (Phi) is 5.13. The molecule has 22 heavy (non-hydrogen) atoms. The lowest BCUT2D eigenvalue weighted by Crippen LogP contribution is -2.15. The summed E-state index contributed by atoms with van der Waals surface area (Å²) in [5.74, 6) is -0.00666. The molecular formula is C16H21N3O2S. The molecule has 1 heterocycles. The van der Waals surface area contributed by atoms with Crippen LogP contribution in [0.4, 0.5) is 0 Å². The average molecular weight is 319 g/mol. The third kappa shape index (κ3) is 3.44. The molecule has 2 rings (SSSR count). The Morgan fingerprint density at radius 1 is 1.41 bits per heavy atom. The normalized spacial score (nSPS) is 13.8. The second-order valence-electron chi connectivity index (χ2n) is 5.61. The molecule has 0 saturated heterocycles. The summed E-state index contributed by atoms with van der Waals surface area (Å²) in [6.45, 7) is 3.98. The third-order valence-corrected chi connectivity index (χ3v) is 4.46. The van der Waals surface area contributed by atoms with E-state index in [1.807, 2.05) is 42.8 Å². The first-order valence-corrected chi connectivity index (χ1v) is 7.79. The smallest absolute Gasteiger partial charge is 0.306 e. The summed E-state index contributed by atoms with van der Waals surface area (Å²) in [5, 5.41) is 16.2. The molecule has 0 spiro atoms. The Hall–Kier alpha value is -1.95. The Morgan fingerprint density at radius 3 is 2.50 bits per heavy atom. The second-order valence-corrected chi connectivity index (χ2v) is 6.00. The highest BCUT2D eigenvalue weighted by Gasteiger charge is 2.19. The van der Waals surface area contributed by atoms with Crippen LogP contribution < -0.4 is 0 Å². The summed E-state index contributed by atoms with van der Waals surface area (Å²) in [6.07, 6.45) is 1.31. The first kappa shape index (κ1) is 16.4. The van der Waals surface area contributed by atoms with E-state index in [1.54, 1.807) is 0 Å². The van der Waals surface area contributed by atoms with E-state index in [-0.39, 0.29) is 11.8 Å². The molecule has 0 aliphatic heterocycles. The quantitative estimate of drug-likeness (QED) is 0.796. The Morgan fingerprint density at radius 2 is 2.05 bits per heavy atom. The summed E-state index contributed by atoms with van der Waals surface area (Å²) >= 11 is 5.12. The van der Waals surface area contributed by atoms with E-state index in [9.17, 15) is 9.90 Å². The van der Waals surface area contributed by atoms with Crippen LogP contribution in [0, 0.1) is 10.7 Å². The van der Waals surface area contributed by atoms with Crippen LogP contribution in [0.1, 0.15) is 38.2 Å². The number of carboxylic acids is 1. The van der Waals surface area contributed by atoms with Crippen molar-refractivity contribution in [2.45, 2.75) is 32.6 Å². The van der Waals surface area contributed by atoms with Gasteiger partial charge in [-0.2, -0.15) is 5.10 Å². The molecule has 0 aliphatic rings. The fourth-order valence-electron chi connectivity index (χ4n) is 2.57. The van der Waals surface area contributed by atoms with Crippen LogP contribution in [0.25, 0.3) is 11.4 Å². The van der Waals surface area contributed by atoms with Crippen LogP contribution in [-0.2, 0) is 11.8 Å². The zero-order valence-electron chi connectivity index (χ0n) is 13.0. The lowest BCUT2D eigenvalue weighted by atomic mass is 9.88. The van der Waals surface area contributed by atoms with Gasteiger partial charge in [-0.3, -0.25) is 9.89 Å². The number of H-pyrrole nitrogens is 1. The Labute approximate surface area is 135 Å². The maximum absolute atomic E-state index is 11.2. The summed E-state index contributed by atoms with van der Waals surface area (Å²) in [7, 11) is 1.87. The molecule has 1 aromatic carbocycles. The number of aromatic nitrogens is 3. The van der Waals surface area contributed by atoms with Gasteiger partial charge in [0.2, 0.25) is 0 Å². The summed E-state index contributed by atoms with van der Waals surface area (Å²) in [4.78, 5) is 11.2. The van der Waals surface area contributed by atoms with Gasteiger partial charge >= 0.3 is 5.97 Å². The van der Waals surface area contributed by atoms with E-state index in [0.29, 0.717) is 17.6 Å². The molecule has 0 saturated carbocycles. The third-order valence-electron chi connectivity index (χ3n) is 4.10. The van der Waals surface area contributed by atoms with Crippen molar-refractivity contribution >= 4 is 18.2 Å². The van der Waals surface area contributed by atoms with Crippen molar-refractivity contribution in [3.05, 3.63) is 34.6 Å². The van der Waals surface area contributed by atoms with Crippen molar-refractivity contribution in [3.63, 3.8) is 0 Å². The van der Waals surface area contributed by atoms with Gasteiger partial charge in [-0.1, -0.05) is 38.1 Å². The molecule has 1 aromatic heterocycles. The van der Waals surface area contributed by atoms with E-state index < -0.39 is 5.97 Å². The van der Waals surface area contributed by atoms with E-state index in [1.165, 1.54) is 0 Å². The standard InChI is InChI=1S/C16H21N3O2S/c1-4-11(15(20)21)9-10(2)12-5-7-13(8-6-12)14-17-18-16(22)19(14)3/h5-8,10-11H,4,9H2,1-3H3,(H,18,22)(H,20,21). The van der Waals surface area contributed by atoms with Crippen molar-refractivity contribution in [1.82, 2.24) is 14.8 Å². The molecule has 0 bridgehead atoms. The number of rotatable bonds is 6. The molecule has 118 valence electrons. The minimum Gasteiger partial charge on any atom is -0.481 e. The number of nitrogens with one attached hydrogen (secondary N) is 1. The van der Waals surface area contributed by atoms with Gasteiger partial charge in [0.05, 0.1) is 5.92 Å². The average Bonchev–Trinajstić information content (AvgIpc) is 2.84. The van der Waals surface area contributed by atoms with Crippen molar-refractivity contribution in [2.75, 3.05) is 0 Å². The van der Waals surface area contributed by atoms with Crippen molar-refractivity contribution in [3.8, 4) is 11.4 Å². The van der Waals surface area contributed by atoms with Gasteiger partial charge in [0, 0.05) is 12.6 Å². The maximum atomic E-state index is 11.2. The predicted octanol–water partition coefficient (Wildman–Crippen LogP) is 3.75. The molecule has 0 radical (unpaired) electrons. The van der Waals surface area contributed by atoms with Crippen LogP contribution in [0.5, 0.6) is 0 Å². The highest BCUT2D eigenvalue weighted by molar-refractivity contribution is 7.71. The Balaban J connectivity index is 2.16. The van der Waals surface area contributed by atoms with Gasteiger partial charge in [-0.15, -0.1) is 0 Å². The number of carbonyl (C=O) groups is 1. The molecule has 2 N–H and O–H groups in total. The van der Waals surface area contributed by atoms with Gasteiger partial charge in [-0.25, -0.2) is 0 Å². The van der Waals surface area contributed by atoms with Crippen LogP contribution in [0.15, 0.2) is 24.3 Å². The van der Waals surface area contributed by atoms with E-state index in [4.69, 9.17) is 12.2 Å². The SMILES string of the molecule is CCC(CC(C)c1ccc(-c2n[nH]c(=S)n2C)cc1)C(=O)O. The number of carboxylic acid groups (broad SMARTS) is 1. The summed E-state index contributed by atoms with van der Waals surface area (Å²) in [6, 6.07) is 8.07. The topological polar surface area (TPSA) is 70.9 Å². The maximum Gasteiger partial charge on any atom is 0.306 e. The lowest BCUT2D eigenvalue weighted by Gasteiger charge is -2.17. The Bertz CT molecular complexity index is 703. The van der Waals surface area contributed by atoms with Crippen molar-refractivity contribution in [2.24, 2.45) is 13.0 Å². The highest BCUT2D eigenvalue weighted by atomic mass is 32.1. The largest absolute Gasteiger partial charge is 0.481 e. The molecule has 6 heteroatoms. The summed E-state index contributed by atoms with van der Waals surface area (Å²) < 4.78 is 2.41. The number of hydrogen-bond acceptors (Lipinski definition) is 3. The van der Waals surface area contributed by atoms with E-state index >= 15 is 0 Å². The zero-order valence-corrected chi connectivity index (χ0v) is 13.9. The number of nitrogens with zero attached hydrogens (tertiary/aromatic N) is 2. The molecular weight excluding hydrogens is 298 g/mol. The molecule has 0 fully saturated rings. The number of hydrogen-bond donors (Lipinski definition) is 2. The monoisotopic (exact) mass is 319 g/mol. The highest BCUT2D eigenvalue weighted by Crippen LogP contribution is 2.27. The minimum atomic E-state index is -0.715. The first-order valence-electron chi connectivity index (χ1n) is 7.38. The minimum absolute atomic E-state index is 0.206. The van der Waals surface area contributed by atoms with Crippen LogP contribution in [0.3, 0.4) is 0 Å². The van der Waals surface area contributed by atoms with Crippen LogP contribution in [0.2, 0.25) is 0 Å².